The second-order valence-electron chi connectivity index (χ2n) is 4.75. The molecule has 1 aliphatic heterocycles. The molecule has 2 aromatic rings. The van der Waals surface area contributed by atoms with Crippen LogP contribution in [0.25, 0.3) is 5.52 Å². The standard InChI is InChI=1S/C12H13N3O2/c1-12(17)7-14(8-12)11(16)9-6-13-15-5-3-2-4-10(9)15/h2-6,17H,7-8H2,1H3. The zero-order valence-electron chi connectivity index (χ0n) is 9.50. The van der Waals surface area contributed by atoms with Crippen molar-refractivity contribution < 1.29 is 9.90 Å². The summed E-state index contributed by atoms with van der Waals surface area (Å²) in [6, 6.07) is 5.60. The van der Waals surface area contributed by atoms with Gasteiger partial charge in [0, 0.05) is 6.20 Å². The molecular formula is C12H13N3O2. The molecule has 1 N–H and O–H groups in total. The summed E-state index contributed by atoms with van der Waals surface area (Å²) in [4.78, 5) is 13.8. The van der Waals surface area contributed by atoms with Crippen LogP contribution in [0.2, 0.25) is 0 Å². The number of aliphatic hydroxyl groups is 1. The third-order valence-corrected chi connectivity index (χ3v) is 3.01. The maximum Gasteiger partial charge on any atom is 0.257 e. The fourth-order valence-electron chi connectivity index (χ4n) is 2.19. The zero-order chi connectivity index (χ0) is 12.0. The minimum Gasteiger partial charge on any atom is -0.386 e. The molecule has 1 fully saturated rings. The normalized spacial score (nSPS) is 18.1. The number of likely N-dealkylation sites (tertiary alicyclic amines) is 1. The van der Waals surface area contributed by atoms with Gasteiger partial charge in [-0.25, -0.2) is 4.52 Å². The van der Waals surface area contributed by atoms with Gasteiger partial charge >= 0.3 is 0 Å². The number of carbonyl (C=O) groups is 1. The fraction of sp³-hybridized carbons (Fsp3) is 0.333. The van der Waals surface area contributed by atoms with E-state index in [1.54, 1.807) is 28.7 Å². The summed E-state index contributed by atoms with van der Waals surface area (Å²) < 4.78 is 1.67. The van der Waals surface area contributed by atoms with Crippen molar-refractivity contribution in [2.24, 2.45) is 0 Å². The highest BCUT2D eigenvalue weighted by atomic mass is 16.3. The minimum atomic E-state index is -0.737. The number of carbonyl (C=O) groups excluding carboxylic acids is 1. The van der Waals surface area contributed by atoms with Crippen LogP contribution in [0.15, 0.2) is 30.6 Å². The molecule has 0 aromatic carbocycles. The van der Waals surface area contributed by atoms with Crippen LogP contribution < -0.4 is 0 Å². The summed E-state index contributed by atoms with van der Waals surface area (Å²) in [7, 11) is 0. The topological polar surface area (TPSA) is 57.8 Å². The van der Waals surface area contributed by atoms with Gasteiger partial charge < -0.3 is 10.0 Å². The van der Waals surface area contributed by atoms with E-state index in [9.17, 15) is 9.90 Å². The molecule has 3 heterocycles. The fourth-order valence-corrected chi connectivity index (χ4v) is 2.19. The summed E-state index contributed by atoms with van der Waals surface area (Å²) in [6.45, 7) is 2.50. The molecule has 0 atom stereocenters. The molecule has 5 nitrogen and oxygen atoms in total. The van der Waals surface area contributed by atoms with Crippen molar-refractivity contribution in [2.75, 3.05) is 13.1 Å². The molecule has 1 saturated heterocycles. The van der Waals surface area contributed by atoms with Crippen molar-refractivity contribution in [2.45, 2.75) is 12.5 Å². The van der Waals surface area contributed by atoms with Crippen molar-refractivity contribution in [3.8, 4) is 0 Å². The van der Waals surface area contributed by atoms with Gasteiger partial charge in [0.25, 0.3) is 5.91 Å². The van der Waals surface area contributed by atoms with Crippen LogP contribution in [-0.2, 0) is 0 Å². The Morgan fingerprint density at radius 3 is 2.94 bits per heavy atom. The average Bonchev–Trinajstić information content (AvgIpc) is 2.68. The zero-order valence-corrected chi connectivity index (χ0v) is 9.50. The van der Waals surface area contributed by atoms with Crippen LogP contribution in [0.3, 0.4) is 0 Å². The number of nitrogens with zero attached hydrogens (tertiary/aromatic N) is 3. The number of hydrogen-bond acceptors (Lipinski definition) is 3. The maximum atomic E-state index is 12.2. The van der Waals surface area contributed by atoms with Gasteiger partial charge in [-0.15, -0.1) is 0 Å². The lowest BCUT2D eigenvalue weighted by molar-refractivity contribution is -0.0668. The molecule has 1 aliphatic rings. The van der Waals surface area contributed by atoms with E-state index in [1.165, 1.54) is 0 Å². The van der Waals surface area contributed by atoms with E-state index in [-0.39, 0.29) is 5.91 Å². The largest absolute Gasteiger partial charge is 0.386 e. The number of rotatable bonds is 1. The van der Waals surface area contributed by atoms with Crippen molar-refractivity contribution in [1.29, 1.82) is 0 Å². The van der Waals surface area contributed by atoms with E-state index < -0.39 is 5.60 Å². The molecule has 2 aromatic heterocycles. The number of amides is 1. The van der Waals surface area contributed by atoms with Gasteiger partial charge in [-0.1, -0.05) is 6.07 Å². The predicted molar refractivity (Wildman–Crippen MR) is 61.7 cm³/mol. The molecule has 88 valence electrons. The van der Waals surface area contributed by atoms with E-state index in [1.807, 2.05) is 18.2 Å². The van der Waals surface area contributed by atoms with E-state index in [4.69, 9.17) is 0 Å². The van der Waals surface area contributed by atoms with Crippen LogP contribution in [0.1, 0.15) is 17.3 Å². The molecule has 0 unspecified atom stereocenters. The average molecular weight is 231 g/mol. The van der Waals surface area contributed by atoms with Gasteiger partial charge in [0.05, 0.1) is 36.0 Å². The second-order valence-corrected chi connectivity index (χ2v) is 4.75. The van der Waals surface area contributed by atoms with E-state index >= 15 is 0 Å². The first-order valence-corrected chi connectivity index (χ1v) is 5.51. The van der Waals surface area contributed by atoms with Crippen LogP contribution in [0, 0.1) is 0 Å². The van der Waals surface area contributed by atoms with Crippen molar-refractivity contribution in [3.63, 3.8) is 0 Å². The number of hydrogen-bond donors (Lipinski definition) is 1. The van der Waals surface area contributed by atoms with E-state index in [0.29, 0.717) is 18.7 Å². The molecule has 0 saturated carbocycles. The highest BCUT2D eigenvalue weighted by Gasteiger charge is 2.40. The van der Waals surface area contributed by atoms with Gasteiger partial charge in [0.15, 0.2) is 0 Å². The lowest BCUT2D eigenvalue weighted by Crippen LogP contribution is -2.61. The smallest absolute Gasteiger partial charge is 0.257 e. The minimum absolute atomic E-state index is 0.0716. The molecule has 0 aliphatic carbocycles. The summed E-state index contributed by atoms with van der Waals surface area (Å²) in [5.41, 5.74) is 0.642. The Hall–Kier alpha value is -1.88. The molecule has 1 amide bonds. The second kappa shape index (κ2) is 3.30. The van der Waals surface area contributed by atoms with Crippen molar-refractivity contribution in [3.05, 3.63) is 36.2 Å². The molecule has 0 spiro atoms. The van der Waals surface area contributed by atoms with Gasteiger partial charge in [-0.3, -0.25) is 4.79 Å². The first-order valence-electron chi connectivity index (χ1n) is 5.51. The lowest BCUT2D eigenvalue weighted by atomic mass is 9.96. The Balaban J connectivity index is 1.92. The van der Waals surface area contributed by atoms with Crippen molar-refractivity contribution in [1.82, 2.24) is 14.5 Å². The molecule has 5 heteroatoms. The number of pyridine rings is 1. The monoisotopic (exact) mass is 231 g/mol. The predicted octanol–water partition coefficient (Wildman–Crippen LogP) is 0.541. The Kier molecular flexibility index (Phi) is 2.00. The van der Waals surface area contributed by atoms with Crippen molar-refractivity contribution >= 4 is 11.4 Å². The Morgan fingerprint density at radius 2 is 2.24 bits per heavy atom. The van der Waals surface area contributed by atoms with Gasteiger partial charge in [0.1, 0.15) is 0 Å². The molecule has 17 heavy (non-hydrogen) atoms. The van der Waals surface area contributed by atoms with Crippen LogP contribution >= 0.6 is 0 Å². The van der Waals surface area contributed by atoms with E-state index in [2.05, 4.69) is 5.10 Å². The molecular weight excluding hydrogens is 218 g/mol. The lowest BCUT2D eigenvalue weighted by Gasteiger charge is -2.44. The quantitative estimate of drug-likeness (QED) is 0.779. The van der Waals surface area contributed by atoms with E-state index in [0.717, 1.165) is 5.52 Å². The van der Waals surface area contributed by atoms with Gasteiger partial charge in [-0.05, 0) is 19.1 Å². The molecule has 0 radical (unpaired) electrons. The highest BCUT2D eigenvalue weighted by molar-refractivity contribution is 6.01. The highest BCUT2D eigenvalue weighted by Crippen LogP contribution is 2.23. The number of aromatic nitrogens is 2. The Labute approximate surface area is 98.3 Å². The SMILES string of the molecule is CC1(O)CN(C(=O)c2cnn3ccccc23)C1. The third-order valence-electron chi connectivity index (χ3n) is 3.01. The molecule has 3 rings (SSSR count). The Morgan fingerprint density at radius 1 is 1.47 bits per heavy atom. The summed E-state index contributed by atoms with van der Waals surface area (Å²) >= 11 is 0. The van der Waals surface area contributed by atoms with Crippen LogP contribution in [-0.4, -0.2) is 44.2 Å². The number of fused-ring (bicyclic) bond motifs is 1. The summed E-state index contributed by atoms with van der Waals surface area (Å²) in [5, 5.41) is 13.8. The first-order chi connectivity index (χ1) is 8.07. The summed E-state index contributed by atoms with van der Waals surface area (Å²) in [6.07, 6.45) is 3.38. The first kappa shape index (κ1) is 10.3. The maximum absolute atomic E-state index is 12.2. The van der Waals surface area contributed by atoms with Crippen LogP contribution in [0.5, 0.6) is 0 Å². The Bertz CT molecular complexity index is 580. The van der Waals surface area contributed by atoms with Gasteiger partial charge in [0.2, 0.25) is 0 Å². The molecule has 0 bridgehead atoms. The summed E-state index contributed by atoms with van der Waals surface area (Å²) in [5.74, 6) is -0.0716. The third kappa shape index (κ3) is 1.59. The van der Waals surface area contributed by atoms with Crippen LogP contribution in [0.4, 0.5) is 0 Å². The number of β-amino-alcohol motifs (C(OH)–C–C–N with tert-alkyl or cyclic N) is 1. The van der Waals surface area contributed by atoms with Gasteiger partial charge in [-0.2, -0.15) is 5.10 Å².